The molecule has 0 aliphatic heterocycles. The van der Waals surface area contributed by atoms with Crippen LogP contribution in [-0.2, 0) is 0 Å². The molecule has 15 heavy (non-hydrogen) atoms. The van der Waals surface area contributed by atoms with E-state index in [4.69, 9.17) is 10.5 Å². The maximum absolute atomic E-state index is 11.5. The van der Waals surface area contributed by atoms with E-state index in [0.29, 0.717) is 17.2 Å². The zero-order chi connectivity index (χ0) is 11.4. The molecule has 82 valence electrons. The minimum absolute atomic E-state index is 0.0324. The molecule has 0 spiro atoms. The van der Waals surface area contributed by atoms with Crippen LogP contribution >= 0.6 is 0 Å². The number of benzene rings is 1. The number of hydrogen-bond donors (Lipinski definition) is 1. The van der Waals surface area contributed by atoms with Gasteiger partial charge in [-0.25, -0.2) is 0 Å². The Labute approximate surface area is 90.2 Å². The van der Waals surface area contributed by atoms with Gasteiger partial charge in [-0.2, -0.15) is 0 Å². The third-order valence-electron chi connectivity index (χ3n) is 2.34. The molecule has 2 N–H and O–H groups in total. The summed E-state index contributed by atoms with van der Waals surface area (Å²) in [6, 6.07) is 5.54. The van der Waals surface area contributed by atoms with Crippen molar-refractivity contribution in [3.63, 3.8) is 0 Å². The minimum atomic E-state index is -0.0594. The molecule has 0 atom stereocenters. The molecular formula is C12H17NO2. The molecule has 1 aromatic rings. The van der Waals surface area contributed by atoms with Crippen LogP contribution in [0.1, 0.15) is 35.7 Å². The van der Waals surface area contributed by atoms with Gasteiger partial charge in [0.1, 0.15) is 5.75 Å². The first-order valence-electron chi connectivity index (χ1n) is 5.00. The standard InChI is InChI=1S/C12H17NO2/c1-8(2)9-4-10(12(14)7-13)6-11(5-9)15-3/h4-6,8H,7,13H2,1-3H3. The lowest BCUT2D eigenvalue weighted by Gasteiger charge is -2.10. The SMILES string of the molecule is COc1cc(C(=O)CN)cc(C(C)C)c1. The molecular weight excluding hydrogens is 190 g/mol. The van der Waals surface area contributed by atoms with E-state index in [9.17, 15) is 4.79 Å². The highest BCUT2D eigenvalue weighted by molar-refractivity contribution is 5.98. The fourth-order valence-corrected chi connectivity index (χ4v) is 1.35. The van der Waals surface area contributed by atoms with E-state index >= 15 is 0 Å². The van der Waals surface area contributed by atoms with Crippen LogP contribution in [0, 0.1) is 0 Å². The smallest absolute Gasteiger partial charge is 0.176 e. The van der Waals surface area contributed by atoms with E-state index in [1.54, 1.807) is 13.2 Å². The molecule has 1 rings (SSSR count). The van der Waals surface area contributed by atoms with Crippen molar-refractivity contribution in [3.05, 3.63) is 29.3 Å². The molecule has 0 saturated heterocycles. The Morgan fingerprint density at radius 2 is 2.07 bits per heavy atom. The van der Waals surface area contributed by atoms with Crippen LogP contribution in [0.15, 0.2) is 18.2 Å². The quantitative estimate of drug-likeness (QED) is 0.768. The molecule has 0 amide bonds. The molecule has 3 heteroatoms. The van der Waals surface area contributed by atoms with Gasteiger partial charge in [0.15, 0.2) is 5.78 Å². The maximum Gasteiger partial charge on any atom is 0.176 e. The lowest BCUT2D eigenvalue weighted by atomic mass is 9.99. The van der Waals surface area contributed by atoms with E-state index in [2.05, 4.69) is 13.8 Å². The molecule has 3 nitrogen and oxygen atoms in total. The maximum atomic E-state index is 11.5. The lowest BCUT2D eigenvalue weighted by molar-refractivity contribution is 0.100. The summed E-state index contributed by atoms with van der Waals surface area (Å²) < 4.78 is 5.15. The number of nitrogens with two attached hydrogens (primary N) is 1. The van der Waals surface area contributed by atoms with Crippen LogP contribution in [0.5, 0.6) is 5.75 Å². The second kappa shape index (κ2) is 4.94. The summed E-state index contributed by atoms with van der Waals surface area (Å²) in [5.41, 5.74) is 7.05. The summed E-state index contributed by atoms with van der Waals surface area (Å²) in [7, 11) is 1.59. The molecule has 0 radical (unpaired) electrons. The molecule has 0 fully saturated rings. The van der Waals surface area contributed by atoms with Crippen molar-refractivity contribution in [1.82, 2.24) is 0 Å². The third kappa shape index (κ3) is 2.80. The fourth-order valence-electron chi connectivity index (χ4n) is 1.35. The van der Waals surface area contributed by atoms with Gasteiger partial charge in [0.05, 0.1) is 13.7 Å². The summed E-state index contributed by atoms with van der Waals surface area (Å²) in [6.45, 7) is 4.18. The van der Waals surface area contributed by atoms with Crippen molar-refractivity contribution in [2.45, 2.75) is 19.8 Å². The minimum Gasteiger partial charge on any atom is -0.497 e. The summed E-state index contributed by atoms with van der Waals surface area (Å²) >= 11 is 0. The van der Waals surface area contributed by atoms with E-state index in [-0.39, 0.29) is 12.3 Å². The number of carbonyl (C=O) groups is 1. The second-order valence-electron chi connectivity index (χ2n) is 3.78. The van der Waals surface area contributed by atoms with E-state index in [0.717, 1.165) is 5.56 Å². The van der Waals surface area contributed by atoms with E-state index in [1.807, 2.05) is 12.1 Å². The van der Waals surface area contributed by atoms with Crippen molar-refractivity contribution in [3.8, 4) is 5.75 Å². The molecule has 0 unspecified atom stereocenters. The summed E-state index contributed by atoms with van der Waals surface area (Å²) in [5, 5.41) is 0. The molecule has 0 aliphatic rings. The van der Waals surface area contributed by atoms with Gasteiger partial charge in [0, 0.05) is 5.56 Å². The number of Topliss-reactive ketones (excluding diaryl/α,β-unsaturated/α-hetero) is 1. The Balaban J connectivity index is 3.17. The van der Waals surface area contributed by atoms with Gasteiger partial charge in [0.25, 0.3) is 0 Å². The Bertz CT molecular complexity index is 359. The Hall–Kier alpha value is -1.35. The Morgan fingerprint density at radius 1 is 1.40 bits per heavy atom. The fraction of sp³-hybridized carbons (Fsp3) is 0.417. The average molecular weight is 207 g/mol. The van der Waals surface area contributed by atoms with Crippen molar-refractivity contribution in [2.24, 2.45) is 5.73 Å². The number of hydrogen-bond acceptors (Lipinski definition) is 3. The van der Waals surface area contributed by atoms with Gasteiger partial charge in [-0.1, -0.05) is 13.8 Å². The van der Waals surface area contributed by atoms with Crippen LogP contribution in [0.3, 0.4) is 0 Å². The Morgan fingerprint density at radius 3 is 2.53 bits per heavy atom. The monoisotopic (exact) mass is 207 g/mol. The highest BCUT2D eigenvalue weighted by atomic mass is 16.5. The first-order valence-corrected chi connectivity index (χ1v) is 5.00. The van der Waals surface area contributed by atoms with Gasteiger partial charge in [-0.15, -0.1) is 0 Å². The molecule has 0 saturated carbocycles. The van der Waals surface area contributed by atoms with Gasteiger partial charge in [-0.3, -0.25) is 4.79 Å². The number of rotatable bonds is 4. The number of ketones is 1. The molecule has 0 bridgehead atoms. The molecule has 0 aromatic heterocycles. The van der Waals surface area contributed by atoms with Crippen molar-refractivity contribution < 1.29 is 9.53 Å². The predicted octanol–water partition coefficient (Wildman–Crippen LogP) is 1.96. The Kier molecular flexibility index (Phi) is 3.86. The predicted molar refractivity (Wildman–Crippen MR) is 60.5 cm³/mol. The van der Waals surface area contributed by atoms with Crippen molar-refractivity contribution >= 4 is 5.78 Å². The molecule has 1 aromatic carbocycles. The van der Waals surface area contributed by atoms with Gasteiger partial charge in [-0.05, 0) is 29.7 Å². The van der Waals surface area contributed by atoms with Crippen LogP contribution in [0.25, 0.3) is 0 Å². The topological polar surface area (TPSA) is 52.3 Å². The van der Waals surface area contributed by atoms with Gasteiger partial charge < -0.3 is 10.5 Å². The number of ether oxygens (including phenoxy) is 1. The molecule has 0 aliphatic carbocycles. The third-order valence-corrected chi connectivity index (χ3v) is 2.34. The van der Waals surface area contributed by atoms with Crippen molar-refractivity contribution in [2.75, 3.05) is 13.7 Å². The lowest BCUT2D eigenvalue weighted by Crippen LogP contribution is -2.14. The first-order chi connectivity index (χ1) is 7.08. The summed E-state index contributed by atoms with van der Waals surface area (Å²) in [6.07, 6.45) is 0. The molecule has 0 heterocycles. The zero-order valence-corrected chi connectivity index (χ0v) is 9.41. The van der Waals surface area contributed by atoms with Gasteiger partial charge >= 0.3 is 0 Å². The largest absolute Gasteiger partial charge is 0.497 e. The van der Waals surface area contributed by atoms with Crippen LogP contribution < -0.4 is 10.5 Å². The summed E-state index contributed by atoms with van der Waals surface area (Å²) in [4.78, 5) is 11.5. The van der Waals surface area contributed by atoms with Crippen LogP contribution in [-0.4, -0.2) is 19.4 Å². The highest BCUT2D eigenvalue weighted by Crippen LogP contribution is 2.23. The first kappa shape index (κ1) is 11.7. The van der Waals surface area contributed by atoms with Gasteiger partial charge in [0.2, 0.25) is 0 Å². The normalized spacial score (nSPS) is 10.5. The van der Waals surface area contributed by atoms with Crippen LogP contribution in [0.4, 0.5) is 0 Å². The summed E-state index contributed by atoms with van der Waals surface area (Å²) in [5.74, 6) is 1.01. The zero-order valence-electron chi connectivity index (χ0n) is 9.41. The average Bonchev–Trinajstić information content (AvgIpc) is 2.27. The second-order valence-corrected chi connectivity index (χ2v) is 3.78. The van der Waals surface area contributed by atoms with E-state index in [1.165, 1.54) is 0 Å². The number of carbonyl (C=O) groups excluding carboxylic acids is 1. The van der Waals surface area contributed by atoms with Crippen LogP contribution in [0.2, 0.25) is 0 Å². The van der Waals surface area contributed by atoms with Crippen molar-refractivity contribution in [1.29, 1.82) is 0 Å². The number of methoxy groups -OCH3 is 1. The highest BCUT2D eigenvalue weighted by Gasteiger charge is 2.09. The van der Waals surface area contributed by atoms with E-state index < -0.39 is 0 Å².